The molecule has 0 aliphatic carbocycles. The van der Waals surface area contributed by atoms with Gasteiger partial charge in [0, 0.05) is 16.0 Å². The van der Waals surface area contributed by atoms with Gasteiger partial charge >= 0.3 is 5.13 Å². The summed E-state index contributed by atoms with van der Waals surface area (Å²) in [5.41, 5.74) is 2.50. The van der Waals surface area contributed by atoms with Crippen molar-refractivity contribution in [3.63, 3.8) is 0 Å². The summed E-state index contributed by atoms with van der Waals surface area (Å²) in [7, 11) is 0. The smallest absolute Gasteiger partial charge is 0.261 e. The summed E-state index contributed by atoms with van der Waals surface area (Å²) in [5, 5.41) is 7.58. The van der Waals surface area contributed by atoms with Crippen molar-refractivity contribution in [3.8, 4) is 11.3 Å². The van der Waals surface area contributed by atoms with Crippen molar-refractivity contribution in [3.05, 3.63) is 34.7 Å². The van der Waals surface area contributed by atoms with Gasteiger partial charge in [0.15, 0.2) is 0 Å². The van der Waals surface area contributed by atoms with E-state index in [9.17, 15) is 0 Å². The van der Waals surface area contributed by atoms with Crippen LogP contribution in [0, 0.1) is 0 Å². The molecule has 1 aromatic heterocycles. The molecule has 1 N–H and O–H groups in total. The molecule has 1 aliphatic rings. The Morgan fingerprint density at radius 1 is 1.27 bits per heavy atom. The highest BCUT2D eigenvalue weighted by molar-refractivity contribution is 7.13. The van der Waals surface area contributed by atoms with Crippen LogP contribution in [0.4, 0.5) is 5.13 Å². The van der Waals surface area contributed by atoms with Crippen LogP contribution in [0.25, 0.3) is 11.3 Å². The number of anilines is 1. The molecular weight excluding hydrogens is 228 g/mol. The quantitative estimate of drug-likeness (QED) is 0.755. The second kappa shape index (κ2) is 3.51. The van der Waals surface area contributed by atoms with Crippen LogP contribution in [-0.2, 0) is 6.54 Å². The molecule has 1 aliphatic heterocycles. The first-order valence-corrected chi connectivity index (χ1v) is 6.11. The zero-order valence-corrected chi connectivity index (χ0v) is 9.61. The van der Waals surface area contributed by atoms with Crippen LogP contribution in [-0.4, -0.2) is 6.54 Å². The van der Waals surface area contributed by atoms with Gasteiger partial charge < -0.3 is 0 Å². The zero-order chi connectivity index (χ0) is 10.3. The maximum Gasteiger partial charge on any atom is 0.334 e. The Labute approximate surface area is 97.1 Å². The molecule has 0 atom stereocenters. The molecule has 2 nitrogen and oxygen atoms in total. The molecule has 0 saturated carbocycles. The predicted octanol–water partition coefficient (Wildman–Crippen LogP) is 2.78. The minimum atomic E-state index is 0.786. The second-order valence-electron chi connectivity index (χ2n) is 3.51. The van der Waals surface area contributed by atoms with Crippen molar-refractivity contribution in [2.75, 3.05) is 11.9 Å². The number of fused-ring (bicyclic) bond motifs is 1. The van der Waals surface area contributed by atoms with E-state index in [2.05, 4.69) is 27.4 Å². The summed E-state index contributed by atoms with van der Waals surface area (Å²) < 4.78 is 2.31. The Balaban J connectivity index is 2.09. The van der Waals surface area contributed by atoms with Gasteiger partial charge in [-0.1, -0.05) is 22.9 Å². The number of thiazole rings is 1. The maximum atomic E-state index is 5.87. The zero-order valence-electron chi connectivity index (χ0n) is 8.03. The lowest BCUT2D eigenvalue weighted by Gasteiger charge is -1.98. The maximum absolute atomic E-state index is 5.87. The highest BCUT2D eigenvalue weighted by Gasteiger charge is 2.23. The highest BCUT2D eigenvalue weighted by Crippen LogP contribution is 2.25. The highest BCUT2D eigenvalue weighted by atomic mass is 35.5. The number of hydrogen-bond acceptors (Lipinski definition) is 2. The molecule has 15 heavy (non-hydrogen) atoms. The summed E-state index contributed by atoms with van der Waals surface area (Å²) in [6.45, 7) is 2.09. The number of halogens is 1. The topological polar surface area (TPSA) is 15.9 Å². The Morgan fingerprint density at radius 3 is 2.87 bits per heavy atom. The van der Waals surface area contributed by atoms with Gasteiger partial charge in [0.1, 0.15) is 18.8 Å². The third-order valence-electron chi connectivity index (χ3n) is 2.57. The van der Waals surface area contributed by atoms with Crippen LogP contribution in [0.15, 0.2) is 29.6 Å². The summed E-state index contributed by atoms with van der Waals surface area (Å²) in [4.78, 5) is 0. The van der Waals surface area contributed by atoms with Gasteiger partial charge in [-0.2, -0.15) is 0 Å². The molecule has 1 aromatic carbocycles. The lowest BCUT2D eigenvalue weighted by molar-refractivity contribution is -0.655. The van der Waals surface area contributed by atoms with Crippen LogP contribution in [0.3, 0.4) is 0 Å². The van der Waals surface area contributed by atoms with E-state index in [0.29, 0.717) is 0 Å². The van der Waals surface area contributed by atoms with Gasteiger partial charge in [0.05, 0.1) is 0 Å². The van der Waals surface area contributed by atoms with E-state index >= 15 is 0 Å². The largest absolute Gasteiger partial charge is 0.334 e. The monoisotopic (exact) mass is 237 g/mol. The van der Waals surface area contributed by atoms with Crippen LogP contribution >= 0.6 is 22.9 Å². The van der Waals surface area contributed by atoms with Crippen molar-refractivity contribution >= 4 is 28.1 Å². The molecule has 0 bridgehead atoms. The third-order valence-corrected chi connectivity index (χ3v) is 3.75. The lowest BCUT2D eigenvalue weighted by atomic mass is 10.2. The minimum Gasteiger partial charge on any atom is -0.261 e. The molecule has 0 saturated heterocycles. The molecule has 4 heteroatoms. The standard InChI is InChI=1S/C11H9ClN2S/c12-9-3-1-8(2-4-9)10-7-15-11-13-5-6-14(10)11/h1-4,7H,5-6H2/p+1. The van der Waals surface area contributed by atoms with E-state index in [0.717, 1.165) is 18.1 Å². The average molecular weight is 238 g/mol. The summed E-state index contributed by atoms with van der Waals surface area (Å²) >= 11 is 7.63. The van der Waals surface area contributed by atoms with Crippen LogP contribution in [0.2, 0.25) is 5.02 Å². The first-order chi connectivity index (χ1) is 7.34. The Morgan fingerprint density at radius 2 is 2.07 bits per heavy atom. The number of benzene rings is 1. The molecule has 3 rings (SSSR count). The van der Waals surface area contributed by atoms with Crippen molar-refractivity contribution in [2.45, 2.75) is 6.54 Å². The number of aromatic nitrogens is 1. The van der Waals surface area contributed by atoms with Gasteiger partial charge in [0.2, 0.25) is 0 Å². The van der Waals surface area contributed by atoms with Gasteiger partial charge in [-0.25, -0.2) is 4.57 Å². The fourth-order valence-corrected chi connectivity index (χ4v) is 2.94. The van der Waals surface area contributed by atoms with Gasteiger partial charge in [0.25, 0.3) is 0 Å². The summed E-state index contributed by atoms with van der Waals surface area (Å²) in [6, 6.07) is 8.00. The molecule has 0 amide bonds. The van der Waals surface area contributed by atoms with E-state index in [4.69, 9.17) is 11.6 Å². The molecule has 2 aromatic rings. The van der Waals surface area contributed by atoms with Gasteiger partial charge in [-0.15, -0.1) is 0 Å². The molecular formula is C11H10ClN2S+. The minimum absolute atomic E-state index is 0.786. The molecule has 0 spiro atoms. The Kier molecular flexibility index (Phi) is 2.15. The van der Waals surface area contributed by atoms with Gasteiger partial charge in [-0.3, -0.25) is 5.32 Å². The molecule has 0 radical (unpaired) electrons. The summed E-state index contributed by atoms with van der Waals surface area (Å²) in [6.07, 6.45) is 0. The van der Waals surface area contributed by atoms with E-state index in [1.807, 2.05) is 12.1 Å². The average Bonchev–Trinajstić information content (AvgIpc) is 2.80. The number of nitrogens with one attached hydrogen (secondary N) is 1. The molecule has 2 heterocycles. The normalized spacial score (nSPS) is 13.7. The van der Waals surface area contributed by atoms with Crippen LogP contribution in [0.1, 0.15) is 0 Å². The predicted molar refractivity (Wildman–Crippen MR) is 63.4 cm³/mol. The van der Waals surface area contributed by atoms with E-state index in [-0.39, 0.29) is 0 Å². The molecule has 76 valence electrons. The summed E-state index contributed by atoms with van der Waals surface area (Å²) in [5.74, 6) is 0. The molecule has 0 unspecified atom stereocenters. The number of rotatable bonds is 1. The first-order valence-electron chi connectivity index (χ1n) is 4.86. The van der Waals surface area contributed by atoms with Crippen LogP contribution < -0.4 is 9.88 Å². The SMILES string of the molecule is Clc1ccc(-c2csc3[n+]2CCN3)cc1. The lowest BCUT2D eigenvalue weighted by Crippen LogP contribution is -2.30. The fourth-order valence-electron chi connectivity index (χ4n) is 1.83. The number of nitrogens with zero attached hydrogens (tertiary/aromatic N) is 1. The van der Waals surface area contributed by atoms with Crippen LogP contribution in [0.5, 0.6) is 0 Å². The van der Waals surface area contributed by atoms with E-state index < -0.39 is 0 Å². The first kappa shape index (κ1) is 9.19. The Hall–Kier alpha value is -1.06. The van der Waals surface area contributed by atoms with E-state index in [1.165, 1.54) is 16.4 Å². The molecule has 0 fully saturated rings. The van der Waals surface area contributed by atoms with E-state index in [1.54, 1.807) is 11.3 Å². The second-order valence-corrected chi connectivity index (χ2v) is 4.81. The third kappa shape index (κ3) is 1.52. The van der Waals surface area contributed by atoms with Crippen molar-refractivity contribution in [1.82, 2.24) is 0 Å². The Bertz CT molecular complexity index is 490. The fraction of sp³-hybridized carbons (Fsp3) is 0.182. The number of hydrogen-bond donors (Lipinski definition) is 1. The van der Waals surface area contributed by atoms with Gasteiger partial charge in [-0.05, 0) is 24.3 Å². The van der Waals surface area contributed by atoms with Crippen molar-refractivity contribution in [1.29, 1.82) is 0 Å². The van der Waals surface area contributed by atoms with Crippen molar-refractivity contribution < 1.29 is 4.57 Å². The van der Waals surface area contributed by atoms with Crippen molar-refractivity contribution in [2.24, 2.45) is 0 Å².